The first-order valence-corrected chi connectivity index (χ1v) is 14.6. The van der Waals surface area contributed by atoms with Gasteiger partial charge in [-0.25, -0.2) is 4.39 Å². The molecule has 1 N–H and O–H groups in total. The summed E-state index contributed by atoms with van der Waals surface area (Å²) in [6, 6.07) is 5.24. The van der Waals surface area contributed by atoms with Crippen LogP contribution in [-0.2, 0) is 20.6 Å². The Morgan fingerprint density at radius 3 is 2.27 bits per heavy atom. The summed E-state index contributed by atoms with van der Waals surface area (Å²) in [7, 11) is 0. The van der Waals surface area contributed by atoms with Gasteiger partial charge in [0.2, 0.25) is 0 Å². The number of alkyl halides is 5. The number of aliphatic hydroxyl groups excluding tert-OH is 1. The first kappa shape index (κ1) is 31.9. The van der Waals surface area contributed by atoms with E-state index in [1.165, 1.54) is 6.08 Å². The van der Waals surface area contributed by atoms with Crippen molar-refractivity contribution >= 4 is 0 Å². The summed E-state index contributed by atoms with van der Waals surface area (Å²) in [6.07, 6.45) is -0.315. The summed E-state index contributed by atoms with van der Waals surface area (Å²) in [4.78, 5) is 0. The van der Waals surface area contributed by atoms with Crippen LogP contribution in [0, 0.1) is 29.5 Å². The monoisotopic (exact) mass is 590 g/mol. The summed E-state index contributed by atoms with van der Waals surface area (Å²) in [5, 5.41) is 9.16. The molecule has 2 saturated carbocycles. The van der Waals surface area contributed by atoms with Gasteiger partial charge in [-0.05, 0) is 104 Å². The maximum Gasteiger partial charge on any atom is 0.523 e. The minimum atomic E-state index is -4.81. The van der Waals surface area contributed by atoms with Gasteiger partial charge in [-0.1, -0.05) is 38.0 Å². The van der Waals surface area contributed by atoms with E-state index in [1.807, 2.05) is 6.07 Å². The van der Waals surface area contributed by atoms with Crippen molar-refractivity contribution in [1.29, 1.82) is 0 Å². The number of halogens is 6. The number of benzene rings is 1. The van der Waals surface area contributed by atoms with Crippen molar-refractivity contribution < 1.29 is 45.7 Å². The maximum absolute atomic E-state index is 15.3. The van der Waals surface area contributed by atoms with E-state index in [4.69, 9.17) is 14.6 Å². The lowest BCUT2D eigenvalue weighted by Gasteiger charge is -2.34. The van der Waals surface area contributed by atoms with E-state index in [0.717, 1.165) is 43.4 Å². The highest BCUT2D eigenvalue weighted by atomic mass is 19.4. The third-order valence-electron chi connectivity index (χ3n) is 8.92. The molecule has 1 aromatic rings. The van der Waals surface area contributed by atoms with E-state index in [1.54, 1.807) is 12.1 Å². The van der Waals surface area contributed by atoms with Gasteiger partial charge < -0.3 is 14.6 Å². The highest BCUT2D eigenvalue weighted by Crippen LogP contribution is 2.45. The molecule has 0 radical (unpaired) electrons. The van der Waals surface area contributed by atoms with Crippen LogP contribution in [0.15, 0.2) is 42.2 Å². The fourth-order valence-electron chi connectivity index (χ4n) is 6.55. The molecule has 0 spiro atoms. The van der Waals surface area contributed by atoms with Crippen molar-refractivity contribution in [3.05, 3.63) is 59.1 Å². The van der Waals surface area contributed by atoms with E-state index >= 15 is 4.39 Å². The van der Waals surface area contributed by atoms with Crippen LogP contribution in [0.1, 0.15) is 81.8 Å². The molecule has 3 aliphatic rings. The highest BCUT2D eigenvalue weighted by Gasteiger charge is 2.45. The Bertz CT molecular complexity index is 1040. The van der Waals surface area contributed by atoms with Gasteiger partial charge >= 0.3 is 12.5 Å². The second-order valence-electron chi connectivity index (χ2n) is 11.9. The van der Waals surface area contributed by atoms with Crippen molar-refractivity contribution in [3.8, 4) is 0 Å². The molecule has 0 saturated heterocycles. The predicted octanol–water partition coefficient (Wildman–Crippen LogP) is 8.41. The first-order valence-electron chi connectivity index (χ1n) is 14.6. The van der Waals surface area contributed by atoms with Crippen LogP contribution in [0.25, 0.3) is 0 Å². The minimum Gasteiger partial charge on any atom is -0.433 e. The molecule has 3 aliphatic carbocycles. The normalized spacial score (nSPS) is 28.3. The summed E-state index contributed by atoms with van der Waals surface area (Å²) >= 11 is 0. The summed E-state index contributed by atoms with van der Waals surface area (Å²) in [5.74, 6) is -0.417. The standard InChI is InChI=1S/C31H40F6O4/c1-20-2-5-22(6-3-20)24(18-39-19-38)16-21-4-15-28(29(32)17-21)23-7-9-25(10-8-23)30(33,34)40-26-11-13-27(14-12-26)41-31(35,36)37/h4,11-13,15,17,20,22-25,27,38H,2-3,5-10,14,16,18-19H2,1H3. The molecule has 0 aromatic heterocycles. The number of ether oxygens (including phenoxy) is 3. The molecule has 1 aromatic carbocycles. The lowest BCUT2D eigenvalue weighted by molar-refractivity contribution is -0.336. The van der Waals surface area contributed by atoms with E-state index < -0.39 is 24.5 Å². The van der Waals surface area contributed by atoms with E-state index in [-0.39, 0.29) is 49.5 Å². The molecule has 10 heteroatoms. The number of aliphatic hydroxyl groups is 1. The van der Waals surface area contributed by atoms with Gasteiger partial charge in [0.25, 0.3) is 0 Å². The largest absolute Gasteiger partial charge is 0.523 e. The minimum absolute atomic E-state index is 0.135. The smallest absolute Gasteiger partial charge is 0.433 e. The lowest BCUT2D eigenvalue weighted by Crippen LogP contribution is -2.34. The molecule has 0 aliphatic heterocycles. The second-order valence-corrected chi connectivity index (χ2v) is 11.9. The van der Waals surface area contributed by atoms with Crippen LogP contribution >= 0.6 is 0 Å². The zero-order chi connectivity index (χ0) is 29.6. The fraction of sp³-hybridized carbons (Fsp3) is 0.677. The maximum atomic E-state index is 15.3. The van der Waals surface area contributed by atoms with Gasteiger partial charge in [-0.3, -0.25) is 4.74 Å². The van der Waals surface area contributed by atoms with Gasteiger partial charge in [0.1, 0.15) is 18.4 Å². The highest BCUT2D eigenvalue weighted by molar-refractivity contribution is 5.28. The fourth-order valence-corrected chi connectivity index (χ4v) is 6.55. The molecule has 2 unspecified atom stereocenters. The quantitative estimate of drug-likeness (QED) is 0.208. The SMILES string of the molecule is CC1CCC(C(COCO)Cc2ccc(C3CCC(C(F)(F)OC4=CCC(OC(F)(F)F)C=C4)CC3)c(F)c2)CC1. The Kier molecular flexibility index (Phi) is 10.9. The van der Waals surface area contributed by atoms with E-state index in [9.17, 15) is 22.0 Å². The average molecular weight is 591 g/mol. The number of hydrogen-bond acceptors (Lipinski definition) is 4. The molecule has 2 atom stereocenters. The third kappa shape index (κ3) is 9.22. The topological polar surface area (TPSA) is 47.9 Å². The summed E-state index contributed by atoms with van der Waals surface area (Å²) < 4.78 is 96.3. The van der Waals surface area contributed by atoms with E-state index in [0.29, 0.717) is 43.3 Å². The molecule has 41 heavy (non-hydrogen) atoms. The molecule has 2 fully saturated rings. The third-order valence-corrected chi connectivity index (χ3v) is 8.92. The Morgan fingerprint density at radius 2 is 1.68 bits per heavy atom. The Balaban J connectivity index is 1.30. The van der Waals surface area contributed by atoms with Crippen molar-refractivity contribution in [2.45, 2.75) is 95.6 Å². The molecular formula is C31H40F6O4. The Morgan fingerprint density at radius 1 is 0.976 bits per heavy atom. The summed E-state index contributed by atoms with van der Waals surface area (Å²) in [5.41, 5.74) is 1.39. The summed E-state index contributed by atoms with van der Waals surface area (Å²) in [6.45, 7) is 2.34. The molecule has 4 rings (SSSR count). The molecule has 4 nitrogen and oxygen atoms in total. The first-order chi connectivity index (χ1) is 19.4. The zero-order valence-electron chi connectivity index (χ0n) is 23.4. The Hall–Kier alpha value is -2.04. The predicted molar refractivity (Wildman–Crippen MR) is 141 cm³/mol. The van der Waals surface area contributed by atoms with Gasteiger partial charge in [0, 0.05) is 0 Å². The van der Waals surface area contributed by atoms with Crippen LogP contribution in [0.5, 0.6) is 0 Å². The van der Waals surface area contributed by atoms with Crippen LogP contribution < -0.4 is 0 Å². The molecule has 0 bridgehead atoms. The van der Waals surface area contributed by atoms with Crippen LogP contribution in [0.2, 0.25) is 0 Å². The number of rotatable bonds is 11. The number of hydrogen-bond donors (Lipinski definition) is 1. The average Bonchev–Trinajstić information content (AvgIpc) is 2.92. The van der Waals surface area contributed by atoms with Gasteiger partial charge in [0.15, 0.2) is 0 Å². The molecular weight excluding hydrogens is 550 g/mol. The lowest BCUT2D eigenvalue weighted by atomic mass is 9.74. The van der Waals surface area contributed by atoms with Crippen LogP contribution in [0.3, 0.4) is 0 Å². The zero-order valence-corrected chi connectivity index (χ0v) is 23.4. The molecule has 0 heterocycles. The molecule has 0 amide bonds. The van der Waals surface area contributed by atoms with Crippen molar-refractivity contribution in [3.63, 3.8) is 0 Å². The van der Waals surface area contributed by atoms with E-state index in [2.05, 4.69) is 11.7 Å². The van der Waals surface area contributed by atoms with Crippen molar-refractivity contribution in [1.82, 2.24) is 0 Å². The second kappa shape index (κ2) is 14.0. The van der Waals surface area contributed by atoms with Gasteiger partial charge in [-0.15, -0.1) is 13.2 Å². The molecule has 230 valence electrons. The van der Waals surface area contributed by atoms with Crippen molar-refractivity contribution in [2.75, 3.05) is 13.4 Å². The number of allylic oxidation sites excluding steroid dienone is 1. The van der Waals surface area contributed by atoms with Crippen LogP contribution in [-0.4, -0.2) is 37.1 Å². The van der Waals surface area contributed by atoms with Gasteiger partial charge in [-0.2, -0.15) is 8.78 Å². The van der Waals surface area contributed by atoms with Crippen molar-refractivity contribution in [2.24, 2.45) is 23.7 Å². The Labute approximate surface area is 237 Å². The van der Waals surface area contributed by atoms with Crippen LogP contribution in [0.4, 0.5) is 26.3 Å². The van der Waals surface area contributed by atoms with Gasteiger partial charge in [0.05, 0.1) is 18.6 Å².